The normalized spacial score (nSPS) is 12.3. The van der Waals surface area contributed by atoms with Crippen LogP contribution in [0, 0.1) is 0 Å². The Morgan fingerprint density at radius 1 is 1.25 bits per heavy atom. The van der Waals surface area contributed by atoms with Crippen LogP contribution in [-0.2, 0) is 5.75 Å². The summed E-state index contributed by atoms with van der Waals surface area (Å²) >= 11 is 2.94. The molecule has 24 heavy (non-hydrogen) atoms. The minimum atomic E-state index is -0.108. The minimum absolute atomic E-state index is 0.0218. The molecule has 1 aromatic carbocycles. The smallest absolute Gasteiger partial charge is 0.275 e. The van der Waals surface area contributed by atoms with Crippen molar-refractivity contribution in [1.82, 2.24) is 15.0 Å². The Hall–Kier alpha value is -1.90. The van der Waals surface area contributed by atoms with E-state index in [1.807, 2.05) is 25.1 Å². The summed E-state index contributed by atoms with van der Waals surface area (Å²) in [6, 6.07) is 10.1. The number of aliphatic hydroxyl groups excluding tert-OH is 1. The van der Waals surface area contributed by atoms with E-state index in [0.29, 0.717) is 21.8 Å². The first-order valence-corrected chi connectivity index (χ1v) is 9.26. The van der Waals surface area contributed by atoms with Gasteiger partial charge in [-0.1, -0.05) is 53.4 Å². The van der Waals surface area contributed by atoms with Crippen LogP contribution < -0.4 is 10.1 Å². The maximum absolute atomic E-state index is 9.29. The number of nitrogens with one attached hydrogen (secondary N) is 1. The molecule has 0 radical (unpaired) electrons. The molecule has 0 bridgehead atoms. The van der Waals surface area contributed by atoms with Crippen molar-refractivity contribution in [2.75, 3.05) is 19.0 Å². The maximum Gasteiger partial charge on any atom is 0.275 e. The van der Waals surface area contributed by atoms with Crippen LogP contribution in [0.1, 0.15) is 12.5 Å². The van der Waals surface area contributed by atoms with E-state index in [1.54, 1.807) is 18.9 Å². The van der Waals surface area contributed by atoms with Gasteiger partial charge in [0.1, 0.15) is 4.70 Å². The molecule has 0 saturated heterocycles. The molecule has 126 valence electrons. The number of ether oxygens (including phenoxy) is 1. The average molecular weight is 362 g/mol. The zero-order valence-corrected chi connectivity index (χ0v) is 15.0. The molecule has 2 N–H and O–H groups in total. The van der Waals surface area contributed by atoms with Gasteiger partial charge in [-0.2, -0.15) is 4.98 Å². The van der Waals surface area contributed by atoms with Crippen molar-refractivity contribution in [2.45, 2.75) is 23.9 Å². The number of nitrogens with zero attached hydrogens (tertiary/aromatic N) is 3. The molecule has 0 aliphatic heterocycles. The topological polar surface area (TPSA) is 80.2 Å². The van der Waals surface area contributed by atoms with Crippen LogP contribution in [0.5, 0.6) is 5.19 Å². The Balaban J connectivity index is 1.89. The molecular formula is C16H18N4O2S2. The lowest BCUT2D eigenvalue weighted by Gasteiger charge is -2.12. The number of methoxy groups -OCH3 is 1. The van der Waals surface area contributed by atoms with E-state index >= 15 is 0 Å². The molecule has 0 aliphatic carbocycles. The number of rotatable bonds is 7. The summed E-state index contributed by atoms with van der Waals surface area (Å²) in [7, 11) is 1.58. The van der Waals surface area contributed by atoms with Gasteiger partial charge in [0, 0.05) is 11.8 Å². The SMILES string of the molecule is COc1nc2nc(SCc3ccccc3)nc(NC(C)CO)c2s1. The Morgan fingerprint density at radius 3 is 2.75 bits per heavy atom. The Labute approximate surface area is 148 Å². The highest BCUT2D eigenvalue weighted by Crippen LogP contribution is 2.33. The van der Waals surface area contributed by atoms with Gasteiger partial charge in [-0.3, -0.25) is 0 Å². The molecule has 2 aromatic heterocycles. The van der Waals surface area contributed by atoms with E-state index < -0.39 is 0 Å². The molecular weight excluding hydrogens is 344 g/mol. The van der Waals surface area contributed by atoms with E-state index in [-0.39, 0.29) is 12.6 Å². The minimum Gasteiger partial charge on any atom is -0.473 e. The lowest BCUT2D eigenvalue weighted by molar-refractivity contribution is 0.281. The van der Waals surface area contributed by atoms with E-state index in [9.17, 15) is 5.11 Å². The fourth-order valence-electron chi connectivity index (χ4n) is 2.04. The van der Waals surface area contributed by atoms with Crippen LogP contribution in [0.15, 0.2) is 35.5 Å². The molecule has 0 spiro atoms. The van der Waals surface area contributed by atoms with Crippen molar-refractivity contribution in [2.24, 2.45) is 0 Å². The standard InChI is InChI=1S/C16H18N4O2S2/c1-10(8-21)17-13-12-14(20-16(22-2)24-12)19-15(18-13)23-9-11-6-4-3-5-7-11/h3-7,10,21H,8-9H2,1-2H3,(H,17,18,19). The largest absolute Gasteiger partial charge is 0.473 e. The quantitative estimate of drug-likeness (QED) is 0.493. The summed E-state index contributed by atoms with van der Waals surface area (Å²) in [5.41, 5.74) is 1.82. The lowest BCUT2D eigenvalue weighted by Crippen LogP contribution is -2.20. The second-order valence-corrected chi connectivity index (χ2v) is 7.10. The van der Waals surface area contributed by atoms with Crippen molar-refractivity contribution < 1.29 is 9.84 Å². The third kappa shape index (κ3) is 3.95. The van der Waals surface area contributed by atoms with Crippen LogP contribution in [-0.4, -0.2) is 39.8 Å². The zero-order chi connectivity index (χ0) is 16.9. The molecule has 1 unspecified atom stereocenters. The molecule has 8 heteroatoms. The summed E-state index contributed by atoms with van der Waals surface area (Å²) in [6.45, 7) is 1.91. The second kappa shape index (κ2) is 7.78. The van der Waals surface area contributed by atoms with Gasteiger partial charge in [0.25, 0.3) is 5.19 Å². The fraction of sp³-hybridized carbons (Fsp3) is 0.312. The summed E-state index contributed by atoms with van der Waals surface area (Å²) in [5, 5.41) is 13.7. The van der Waals surface area contributed by atoms with Gasteiger partial charge in [-0.25, -0.2) is 9.97 Å². The number of fused-ring (bicyclic) bond motifs is 1. The highest BCUT2D eigenvalue weighted by molar-refractivity contribution is 7.98. The zero-order valence-electron chi connectivity index (χ0n) is 13.4. The summed E-state index contributed by atoms with van der Waals surface area (Å²) in [6.07, 6.45) is 0. The van der Waals surface area contributed by atoms with Gasteiger partial charge in [-0.15, -0.1) is 0 Å². The number of hydrogen-bond donors (Lipinski definition) is 2. The molecule has 0 saturated carbocycles. The van der Waals surface area contributed by atoms with E-state index in [2.05, 4.69) is 32.4 Å². The van der Waals surface area contributed by atoms with Crippen molar-refractivity contribution >= 4 is 39.3 Å². The summed E-state index contributed by atoms with van der Waals surface area (Å²) in [5.74, 6) is 1.46. The predicted octanol–water partition coefficient (Wildman–Crippen LogP) is 3.18. The molecule has 1 atom stereocenters. The Morgan fingerprint density at radius 2 is 2.04 bits per heavy atom. The Kier molecular flexibility index (Phi) is 5.49. The second-order valence-electron chi connectivity index (χ2n) is 5.19. The highest BCUT2D eigenvalue weighted by Gasteiger charge is 2.15. The van der Waals surface area contributed by atoms with Crippen molar-refractivity contribution in [1.29, 1.82) is 0 Å². The van der Waals surface area contributed by atoms with E-state index in [1.165, 1.54) is 16.9 Å². The number of benzene rings is 1. The first-order valence-electron chi connectivity index (χ1n) is 7.46. The lowest BCUT2D eigenvalue weighted by atomic mass is 10.2. The molecule has 2 heterocycles. The van der Waals surface area contributed by atoms with Crippen LogP contribution in [0.4, 0.5) is 5.82 Å². The van der Waals surface area contributed by atoms with Crippen LogP contribution in [0.3, 0.4) is 0 Å². The molecule has 6 nitrogen and oxygen atoms in total. The van der Waals surface area contributed by atoms with Crippen LogP contribution in [0.25, 0.3) is 10.3 Å². The number of aromatic nitrogens is 3. The number of aliphatic hydroxyl groups is 1. The molecule has 0 fully saturated rings. The Bertz CT molecular complexity index is 810. The number of hydrogen-bond acceptors (Lipinski definition) is 8. The van der Waals surface area contributed by atoms with Crippen LogP contribution in [0.2, 0.25) is 0 Å². The maximum atomic E-state index is 9.29. The molecule has 0 amide bonds. The fourth-order valence-corrected chi connectivity index (χ4v) is 3.60. The van der Waals surface area contributed by atoms with Gasteiger partial charge in [0.2, 0.25) is 0 Å². The summed E-state index contributed by atoms with van der Waals surface area (Å²) < 4.78 is 6.04. The van der Waals surface area contributed by atoms with Gasteiger partial charge in [0.15, 0.2) is 16.6 Å². The molecule has 3 rings (SSSR count). The van der Waals surface area contributed by atoms with Crippen LogP contribution >= 0.6 is 23.1 Å². The number of thiazole rings is 1. The van der Waals surface area contributed by atoms with E-state index in [4.69, 9.17) is 4.74 Å². The monoisotopic (exact) mass is 362 g/mol. The molecule has 3 aromatic rings. The van der Waals surface area contributed by atoms with Crippen molar-refractivity contribution in [3.63, 3.8) is 0 Å². The van der Waals surface area contributed by atoms with Crippen molar-refractivity contribution in [3.05, 3.63) is 35.9 Å². The number of anilines is 1. The highest BCUT2D eigenvalue weighted by atomic mass is 32.2. The predicted molar refractivity (Wildman–Crippen MR) is 97.9 cm³/mol. The van der Waals surface area contributed by atoms with Crippen molar-refractivity contribution in [3.8, 4) is 5.19 Å². The van der Waals surface area contributed by atoms with E-state index in [0.717, 1.165) is 10.5 Å². The average Bonchev–Trinajstić information content (AvgIpc) is 3.04. The van der Waals surface area contributed by atoms with Gasteiger partial charge in [-0.05, 0) is 12.5 Å². The molecule has 0 aliphatic rings. The third-order valence-electron chi connectivity index (χ3n) is 3.26. The summed E-state index contributed by atoms with van der Waals surface area (Å²) in [4.78, 5) is 13.5. The van der Waals surface area contributed by atoms with Gasteiger partial charge in [0.05, 0.1) is 13.7 Å². The third-order valence-corrected chi connectivity index (χ3v) is 5.19. The first kappa shape index (κ1) is 16.9. The first-order chi connectivity index (χ1) is 11.7. The van der Waals surface area contributed by atoms with Gasteiger partial charge >= 0.3 is 0 Å². The number of thioether (sulfide) groups is 1. The van der Waals surface area contributed by atoms with Gasteiger partial charge < -0.3 is 15.2 Å².